The summed E-state index contributed by atoms with van der Waals surface area (Å²) < 4.78 is 5.49. The number of hydrogen-bond donors (Lipinski definition) is 2. The maximum Gasteiger partial charge on any atom is 0.258 e. The molecule has 3 N–H and O–H groups in total. The van der Waals surface area contributed by atoms with Crippen LogP contribution in [0, 0.1) is 0 Å². The maximum atomic E-state index is 11.5. The molecule has 0 aromatic heterocycles. The first kappa shape index (κ1) is 14.1. The molecule has 0 atom stereocenters. The van der Waals surface area contributed by atoms with E-state index in [-0.39, 0.29) is 18.6 Å². The van der Waals surface area contributed by atoms with Gasteiger partial charge in [-0.05, 0) is 44.0 Å². The van der Waals surface area contributed by atoms with E-state index < -0.39 is 0 Å². The summed E-state index contributed by atoms with van der Waals surface area (Å²) in [5, 5.41) is 2.77. The zero-order valence-corrected chi connectivity index (χ0v) is 10.9. The average molecular weight is 248 g/mol. The van der Waals surface area contributed by atoms with Crippen LogP contribution in [0.1, 0.15) is 19.4 Å². The number of carbonyl (C=O) groups excluding carboxylic acids is 1. The highest BCUT2D eigenvalue weighted by molar-refractivity contribution is 5.77. The lowest BCUT2D eigenvalue weighted by Gasteiger charge is -2.12. The summed E-state index contributed by atoms with van der Waals surface area (Å²) >= 11 is 0. The molecular weight excluding hydrogens is 228 g/mol. The van der Waals surface area contributed by atoms with E-state index in [0.717, 1.165) is 5.56 Å². The van der Waals surface area contributed by atoms with Gasteiger partial charge in [0.15, 0.2) is 6.61 Å². The first-order valence-electron chi connectivity index (χ1n) is 5.94. The van der Waals surface area contributed by atoms with Crippen molar-refractivity contribution >= 4 is 11.6 Å². The third-order valence-corrected chi connectivity index (χ3v) is 2.26. The van der Waals surface area contributed by atoms with Crippen molar-refractivity contribution in [1.29, 1.82) is 0 Å². The van der Waals surface area contributed by atoms with Crippen molar-refractivity contribution in [2.75, 3.05) is 12.3 Å². The number of allylic oxidation sites excluding steroid dienone is 1. The van der Waals surface area contributed by atoms with Gasteiger partial charge in [0.2, 0.25) is 0 Å². The fourth-order valence-corrected chi connectivity index (χ4v) is 1.56. The van der Waals surface area contributed by atoms with Crippen molar-refractivity contribution in [2.24, 2.45) is 0 Å². The Balaban J connectivity index is 2.66. The van der Waals surface area contributed by atoms with Crippen molar-refractivity contribution in [3.63, 3.8) is 0 Å². The zero-order chi connectivity index (χ0) is 13.5. The summed E-state index contributed by atoms with van der Waals surface area (Å²) in [6, 6.07) is 5.47. The molecule has 1 aromatic rings. The second-order valence-electron chi connectivity index (χ2n) is 4.37. The Labute approximate surface area is 108 Å². The van der Waals surface area contributed by atoms with Crippen LogP contribution < -0.4 is 15.8 Å². The van der Waals surface area contributed by atoms with Gasteiger partial charge in [-0.25, -0.2) is 0 Å². The van der Waals surface area contributed by atoms with E-state index in [1.807, 2.05) is 19.9 Å². The highest BCUT2D eigenvalue weighted by atomic mass is 16.5. The molecule has 0 spiro atoms. The standard InChI is InChI=1S/C14H20N2O2/c1-4-5-11-8-12(15)6-7-13(11)18-9-14(17)16-10(2)3/h4,6-8,10H,1,5,9,15H2,2-3H3,(H,16,17). The number of rotatable bonds is 6. The van der Waals surface area contributed by atoms with E-state index in [0.29, 0.717) is 17.9 Å². The number of amides is 1. The van der Waals surface area contributed by atoms with Gasteiger partial charge < -0.3 is 15.8 Å². The Morgan fingerprint density at radius 1 is 1.56 bits per heavy atom. The van der Waals surface area contributed by atoms with Crippen molar-refractivity contribution in [3.05, 3.63) is 36.4 Å². The van der Waals surface area contributed by atoms with Gasteiger partial charge in [-0.3, -0.25) is 4.79 Å². The molecular formula is C14H20N2O2. The first-order chi connectivity index (χ1) is 8.52. The minimum absolute atomic E-state index is 0.00619. The van der Waals surface area contributed by atoms with Crippen molar-refractivity contribution < 1.29 is 9.53 Å². The van der Waals surface area contributed by atoms with Crippen molar-refractivity contribution in [2.45, 2.75) is 26.3 Å². The molecule has 0 aliphatic heterocycles. The third kappa shape index (κ3) is 4.49. The summed E-state index contributed by atoms with van der Waals surface area (Å²) in [6.45, 7) is 7.51. The Kier molecular flexibility index (Phi) is 5.24. The quantitative estimate of drug-likeness (QED) is 0.597. The topological polar surface area (TPSA) is 64.3 Å². The third-order valence-electron chi connectivity index (χ3n) is 2.26. The van der Waals surface area contributed by atoms with E-state index >= 15 is 0 Å². The lowest BCUT2D eigenvalue weighted by atomic mass is 10.1. The minimum Gasteiger partial charge on any atom is -0.483 e. The van der Waals surface area contributed by atoms with Crippen LogP contribution >= 0.6 is 0 Å². The van der Waals surface area contributed by atoms with Crippen molar-refractivity contribution in [1.82, 2.24) is 5.32 Å². The van der Waals surface area contributed by atoms with Gasteiger partial charge in [-0.15, -0.1) is 6.58 Å². The lowest BCUT2D eigenvalue weighted by molar-refractivity contribution is -0.123. The molecule has 98 valence electrons. The van der Waals surface area contributed by atoms with E-state index in [1.54, 1.807) is 18.2 Å². The minimum atomic E-state index is -0.133. The highest BCUT2D eigenvalue weighted by Crippen LogP contribution is 2.22. The van der Waals surface area contributed by atoms with Crippen LogP contribution in [0.25, 0.3) is 0 Å². The van der Waals surface area contributed by atoms with Gasteiger partial charge in [-0.1, -0.05) is 6.08 Å². The summed E-state index contributed by atoms with van der Waals surface area (Å²) in [5.41, 5.74) is 7.32. The molecule has 0 fully saturated rings. The number of benzene rings is 1. The Morgan fingerprint density at radius 3 is 2.89 bits per heavy atom. The van der Waals surface area contributed by atoms with Crippen LogP contribution in [-0.4, -0.2) is 18.6 Å². The number of ether oxygens (including phenoxy) is 1. The number of hydrogen-bond acceptors (Lipinski definition) is 3. The molecule has 0 aliphatic carbocycles. The van der Waals surface area contributed by atoms with Gasteiger partial charge in [0.1, 0.15) is 5.75 Å². The molecule has 4 nitrogen and oxygen atoms in total. The van der Waals surface area contributed by atoms with Gasteiger partial charge in [-0.2, -0.15) is 0 Å². The fraction of sp³-hybridized carbons (Fsp3) is 0.357. The number of anilines is 1. The van der Waals surface area contributed by atoms with Crippen LogP contribution in [0.4, 0.5) is 5.69 Å². The fourth-order valence-electron chi connectivity index (χ4n) is 1.56. The second kappa shape index (κ2) is 6.69. The lowest BCUT2D eigenvalue weighted by Crippen LogP contribution is -2.34. The Morgan fingerprint density at radius 2 is 2.28 bits per heavy atom. The van der Waals surface area contributed by atoms with Gasteiger partial charge in [0.05, 0.1) is 0 Å². The number of carbonyl (C=O) groups is 1. The molecule has 4 heteroatoms. The zero-order valence-electron chi connectivity index (χ0n) is 10.9. The molecule has 0 radical (unpaired) electrons. The molecule has 0 saturated heterocycles. The monoisotopic (exact) mass is 248 g/mol. The number of nitrogen functional groups attached to an aromatic ring is 1. The molecule has 1 aromatic carbocycles. The van der Waals surface area contributed by atoms with Crippen LogP contribution in [0.5, 0.6) is 5.75 Å². The smallest absolute Gasteiger partial charge is 0.258 e. The van der Waals surface area contributed by atoms with Crippen LogP contribution in [0.15, 0.2) is 30.9 Å². The molecule has 18 heavy (non-hydrogen) atoms. The summed E-state index contributed by atoms with van der Waals surface area (Å²) in [5.74, 6) is 0.536. The Hall–Kier alpha value is -1.97. The van der Waals surface area contributed by atoms with Gasteiger partial charge in [0, 0.05) is 11.7 Å². The summed E-state index contributed by atoms with van der Waals surface area (Å²) in [6.07, 6.45) is 2.43. The predicted molar refractivity (Wildman–Crippen MR) is 73.5 cm³/mol. The van der Waals surface area contributed by atoms with E-state index in [4.69, 9.17) is 10.5 Å². The normalized spacial score (nSPS) is 10.2. The molecule has 0 aliphatic rings. The van der Waals surface area contributed by atoms with Crippen LogP contribution in [0.3, 0.4) is 0 Å². The number of nitrogens with two attached hydrogens (primary N) is 1. The maximum absolute atomic E-state index is 11.5. The summed E-state index contributed by atoms with van der Waals surface area (Å²) in [7, 11) is 0. The SMILES string of the molecule is C=CCc1cc(N)ccc1OCC(=O)NC(C)C. The molecule has 0 saturated carbocycles. The summed E-state index contributed by atoms with van der Waals surface area (Å²) in [4.78, 5) is 11.5. The van der Waals surface area contributed by atoms with Crippen molar-refractivity contribution in [3.8, 4) is 5.75 Å². The predicted octanol–water partition coefficient (Wildman–Crippen LogP) is 1.90. The van der Waals surface area contributed by atoms with Gasteiger partial charge >= 0.3 is 0 Å². The largest absolute Gasteiger partial charge is 0.483 e. The molecule has 1 rings (SSSR count). The van der Waals surface area contributed by atoms with Crippen LogP contribution in [0.2, 0.25) is 0 Å². The van der Waals surface area contributed by atoms with E-state index in [1.165, 1.54) is 0 Å². The molecule has 0 unspecified atom stereocenters. The molecule has 0 heterocycles. The first-order valence-corrected chi connectivity index (χ1v) is 5.94. The molecule has 0 bridgehead atoms. The highest BCUT2D eigenvalue weighted by Gasteiger charge is 2.07. The van der Waals surface area contributed by atoms with E-state index in [2.05, 4.69) is 11.9 Å². The average Bonchev–Trinajstić information content (AvgIpc) is 2.27. The Bertz CT molecular complexity index is 428. The number of nitrogens with one attached hydrogen (secondary N) is 1. The second-order valence-corrected chi connectivity index (χ2v) is 4.37. The van der Waals surface area contributed by atoms with E-state index in [9.17, 15) is 4.79 Å². The van der Waals surface area contributed by atoms with Crippen LogP contribution in [-0.2, 0) is 11.2 Å². The molecule has 1 amide bonds. The van der Waals surface area contributed by atoms with Gasteiger partial charge in [0.25, 0.3) is 5.91 Å².